The van der Waals surface area contributed by atoms with Gasteiger partial charge in [-0.05, 0) is 52.9 Å². The Kier molecular flexibility index (Phi) is 7.75. The molecule has 0 aliphatic carbocycles. The number of halogens is 2. The van der Waals surface area contributed by atoms with Crippen LogP contribution in [0.15, 0.2) is 22.7 Å². The summed E-state index contributed by atoms with van der Waals surface area (Å²) in [5.41, 5.74) is 0.540. The molecule has 0 saturated carbocycles. The Bertz CT molecular complexity index is 508. The topological polar surface area (TPSA) is 66.4 Å². The van der Waals surface area contributed by atoms with Crippen molar-refractivity contribution in [1.29, 1.82) is 0 Å². The molecule has 0 fully saturated rings. The standard InChI is InChI=1S/C15H19BrClNO3/c1-2-10(3-6-14(19)20)7-8-18-15(21)12-5-4-11(17)9-13(12)16/h4-5,9-10H,2-3,6-8H2,1H3,(H,18,21)(H,19,20). The van der Waals surface area contributed by atoms with Gasteiger partial charge in [-0.1, -0.05) is 24.9 Å². The summed E-state index contributed by atoms with van der Waals surface area (Å²) in [5, 5.41) is 12.1. The molecule has 1 aromatic carbocycles. The van der Waals surface area contributed by atoms with Gasteiger partial charge in [0.15, 0.2) is 0 Å². The average molecular weight is 377 g/mol. The van der Waals surface area contributed by atoms with Gasteiger partial charge in [-0.2, -0.15) is 0 Å². The number of benzene rings is 1. The van der Waals surface area contributed by atoms with Gasteiger partial charge >= 0.3 is 5.97 Å². The summed E-state index contributed by atoms with van der Waals surface area (Å²) in [6.07, 6.45) is 2.51. The maximum Gasteiger partial charge on any atom is 0.303 e. The number of hydrogen-bond acceptors (Lipinski definition) is 2. The van der Waals surface area contributed by atoms with E-state index >= 15 is 0 Å². The molecule has 21 heavy (non-hydrogen) atoms. The van der Waals surface area contributed by atoms with E-state index in [1.54, 1.807) is 18.2 Å². The Balaban J connectivity index is 2.43. The summed E-state index contributed by atoms with van der Waals surface area (Å²) in [6, 6.07) is 5.02. The molecule has 0 aromatic heterocycles. The van der Waals surface area contributed by atoms with Crippen LogP contribution in [-0.2, 0) is 4.79 Å². The van der Waals surface area contributed by atoms with Crippen LogP contribution in [0.3, 0.4) is 0 Å². The van der Waals surface area contributed by atoms with Crippen molar-refractivity contribution in [3.05, 3.63) is 33.3 Å². The van der Waals surface area contributed by atoms with E-state index < -0.39 is 5.97 Å². The van der Waals surface area contributed by atoms with E-state index in [9.17, 15) is 9.59 Å². The smallest absolute Gasteiger partial charge is 0.303 e. The molecule has 0 aliphatic rings. The van der Waals surface area contributed by atoms with Crippen molar-refractivity contribution >= 4 is 39.4 Å². The zero-order valence-corrected chi connectivity index (χ0v) is 14.2. The lowest BCUT2D eigenvalue weighted by Crippen LogP contribution is -2.26. The maximum atomic E-state index is 12.0. The molecule has 1 atom stereocenters. The normalized spacial score (nSPS) is 12.0. The molecule has 1 amide bonds. The van der Waals surface area contributed by atoms with Gasteiger partial charge in [0.25, 0.3) is 5.91 Å². The first-order valence-corrected chi connectivity index (χ1v) is 8.06. The summed E-state index contributed by atoms with van der Waals surface area (Å²) in [6.45, 7) is 2.57. The van der Waals surface area contributed by atoms with Crippen molar-refractivity contribution in [2.75, 3.05) is 6.54 Å². The number of hydrogen-bond donors (Lipinski definition) is 2. The molecule has 0 spiro atoms. The first-order chi connectivity index (χ1) is 9.93. The number of amides is 1. The molecule has 1 unspecified atom stereocenters. The van der Waals surface area contributed by atoms with E-state index in [-0.39, 0.29) is 12.3 Å². The lowest BCUT2D eigenvalue weighted by atomic mass is 9.96. The van der Waals surface area contributed by atoms with Crippen LogP contribution in [0.4, 0.5) is 0 Å². The molecule has 6 heteroatoms. The minimum absolute atomic E-state index is 0.161. The molecule has 0 bridgehead atoms. The van der Waals surface area contributed by atoms with E-state index in [1.165, 1.54) is 0 Å². The van der Waals surface area contributed by atoms with E-state index in [1.807, 2.05) is 6.92 Å². The van der Waals surface area contributed by atoms with Crippen LogP contribution in [-0.4, -0.2) is 23.5 Å². The van der Waals surface area contributed by atoms with Gasteiger partial charge < -0.3 is 10.4 Å². The van der Waals surface area contributed by atoms with Crippen molar-refractivity contribution in [3.8, 4) is 0 Å². The van der Waals surface area contributed by atoms with Crippen LogP contribution in [0.5, 0.6) is 0 Å². The number of carboxylic acid groups (broad SMARTS) is 1. The fraction of sp³-hybridized carbons (Fsp3) is 0.467. The summed E-state index contributed by atoms with van der Waals surface area (Å²) < 4.78 is 0.658. The average Bonchev–Trinajstić information content (AvgIpc) is 2.42. The van der Waals surface area contributed by atoms with Crippen LogP contribution < -0.4 is 5.32 Å². The zero-order chi connectivity index (χ0) is 15.8. The lowest BCUT2D eigenvalue weighted by Gasteiger charge is -2.14. The molecule has 0 aliphatic heterocycles. The largest absolute Gasteiger partial charge is 0.481 e. The molecule has 4 nitrogen and oxygen atoms in total. The second-order valence-corrected chi connectivity index (χ2v) is 6.17. The highest BCUT2D eigenvalue weighted by Gasteiger charge is 2.12. The monoisotopic (exact) mass is 375 g/mol. The van der Waals surface area contributed by atoms with Gasteiger partial charge in [0.1, 0.15) is 0 Å². The fourth-order valence-corrected chi connectivity index (χ4v) is 2.90. The van der Waals surface area contributed by atoms with Crippen LogP contribution in [0.1, 0.15) is 43.0 Å². The van der Waals surface area contributed by atoms with Gasteiger partial charge in [-0.3, -0.25) is 9.59 Å². The highest BCUT2D eigenvalue weighted by atomic mass is 79.9. The van der Waals surface area contributed by atoms with Crippen molar-refractivity contribution in [2.45, 2.75) is 32.6 Å². The van der Waals surface area contributed by atoms with Gasteiger partial charge in [0.05, 0.1) is 5.56 Å². The third kappa shape index (κ3) is 6.48. The summed E-state index contributed by atoms with van der Waals surface area (Å²) in [4.78, 5) is 22.6. The highest BCUT2D eigenvalue weighted by molar-refractivity contribution is 9.10. The van der Waals surface area contributed by atoms with Crippen molar-refractivity contribution in [1.82, 2.24) is 5.32 Å². The molecule has 0 radical (unpaired) electrons. The molecule has 116 valence electrons. The second-order valence-electron chi connectivity index (χ2n) is 4.88. The van der Waals surface area contributed by atoms with E-state index in [0.717, 1.165) is 12.8 Å². The first kappa shape index (κ1) is 18.0. The Hall–Kier alpha value is -1.07. The SMILES string of the molecule is CCC(CCNC(=O)c1ccc(Cl)cc1Br)CCC(=O)O. The third-order valence-corrected chi connectivity index (χ3v) is 4.25. The van der Waals surface area contributed by atoms with Gasteiger partial charge in [-0.25, -0.2) is 0 Å². The van der Waals surface area contributed by atoms with Crippen LogP contribution >= 0.6 is 27.5 Å². The summed E-state index contributed by atoms with van der Waals surface area (Å²) >= 11 is 9.15. The van der Waals surface area contributed by atoms with Crippen molar-refractivity contribution in [2.24, 2.45) is 5.92 Å². The van der Waals surface area contributed by atoms with E-state index in [0.29, 0.717) is 33.9 Å². The molecule has 1 aromatic rings. The number of nitrogens with one attached hydrogen (secondary N) is 1. The molecule has 2 N–H and O–H groups in total. The number of carbonyl (C=O) groups is 2. The molecule has 0 saturated heterocycles. The number of rotatable bonds is 8. The van der Waals surface area contributed by atoms with Gasteiger partial charge in [0.2, 0.25) is 0 Å². The van der Waals surface area contributed by atoms with Crippen LogP contribution in [0.2, 0.25) is 5.02 Å². The van der Waals surface area contributed by atoms with E-state index in [4.69, 9.17) is 16.7 Å². The minimum Gasteiger partial charge on any atom is -0.481 e. The third-order valence-electron chi connectivity index (χ3n) is 3.36. The Morgan fingerprint density at radius 1 is 1.38 bits per heavy atom. The molecule has 0 heterocycles. The first-order valence-electron chi connectivity index (χ1n) is 6.89. The molecular formula is C15H19BrClNO3. The molecule has 1 rings (SSSR count). The predicted molar refractivity (Wildman–Crippen MR) is 86.8 cm³/mol. The lowest BCUT2D eigenvalue weighted by molar-refractivity contribution is -0.137. The Morgan fingerprint density at radius 3 is 2.67 bits per heavy atom. The van der Waals surface area contributed by atoms with Gasteiger partial charge in [0, 0.05) is 22.5 Å². The summed E-state index contributed by atoms with van der Waals surface area (Å²) in [7, 11) is 0. The second kappa shape index (κ2) is 9.05. The summed E-state index contributed by atoms with van der Waals surface area (Å²) in [5.74, 6) is -0.621. The Morgan fingerprint density at radius 2 is 2.10 bits per heavy atom. The maximum absolute atomic E-state index is 12.0. The quantitative estimate of drug-likeness (QED) is 0.717. The predicted octanol–water partition coefficient (Wildman–Crippen LogP) is 4.11. The molecular weight excluding hydrogens is 358 g/mol. The zero-order valence-electron chi connectivity index (χ0n) is 11.9. The Labute approximate surface area is 138 Å². The van der Waals surface area contributed by atoms with Gasteiger partial charge in [-0.15, -0.1) is 0 Å². The highest BCUT2D eigenvalue weighted by Crippen LogP contribution is 2.21. The number of carbonyl (C=O) groups excluding carboxylic acids is 1. The number of carboxylic acids is 1. The van der Waals surface area contributed by atoms with E-state index in [2.05, 4.69) is 21.2 Å². The minimum atomic E-state index is -0.775. The van der Waals surface area contributed by atoms with Crippen molar-refractivity contribution < 1.29 is 14.7 Å². The fourth-order valence-electron chi connectivity index (χ4n) is 2.04. The van der Waals surface area contributed by atoms with Crippen LogP contribution in [0, 0.1) is 5.92 Å². The van der Waals surface area contributed by atoms with Crippen LogP contribution in [0.25, 0.3) is 0 Å². The van der Waals surface area contributed by atoms with Crippen molar-refractivity contribution in [3.63, 3.8) is 0 Å². The number of aliphatic carboxylic acids is 1.